The van der Waals surface area contributed by atoms with Gasteiger partial charge in [-0.3, -0.25) is 4.79 Å². The van der Waals surface area contributed by atoms with Crippen LogP contribution in [-0.2, 0) is 28.0 Å². The van der Waals surface area contributed by atoms with Crippen molar-refractivity contribution in [2.75, 3.05) is 20.1 Å². The molecule has 2 aliphatic heterocycles. The fraction of sp³-hybridized carbons (Fsp3) is 0.588. The smallest absolute Gasteiger partial charge is 0.283 e. The van der Waals surface area contributed by atoms with Gasteiger partial charge in [-0.2, -0.15) is 17.0 Å². The molecule has 1 saturated heterocycles. The minimum atomic E-state index is -3.65. The van der Waals surface area contributed by atoms with E-state index in [1.54, 1.807) is 7.05 Å². The van der Waals surface area contributed by atoms with Crippen LogP contribution in [0.1, 0.15) is 30.9 Å². The number of carbonyl (C=O) groups excluding carboxylic acids is 1. The summed E-state index contributed by atoms with van der Waals surface area (Å²) >= 11 is 0. The van der Waals surface area contributed by atoms with Crippen molar-refractivity contribution in [2.24, 2.45) is 5.92 Å². The molecule has 1 fully saturated rings. The van der Waals surface area contributed by atoms with Crippen LogP contribution in [0.15, 0.2) is 24.3 Å². The van der Waals surface area contributed by atoms with Crippen molar-refractivity contribution >= 4 is 16.1 Å². The predicted molar refractivity (Wildman–Crippen MR) is 92.4 cm³/mol. The van der Waals surface area contributed by atoms with E-state index in [9.17, 15) is 13.2 Å². The van der Waals surface area contributed by atoms with Gasteiger partial charge in [0.25, 0.3) is 10.2 Å². The van der Waals surface area contributed by atoms with Crippen LogP contribution >= 0.6 is 0 Å². The van der Waals surface area contributed by atoms with Gasteiger partial charge in [-0.1, -0.05) is 31.2 Å². The predicted octanol–water partition coefficient (Wildman–Crippen LogP) is 1.14. The van der Waals surface area contributed by atoms with Crippen LogP contribution in [0.5, 0.6) is 0 Å². The van der Waals surface area contributed by atoms with E-state index in [0.29, 0.717) is 25.4 Å². The van der Waals surface area contributed by atoms with E-state index in [1.165, 1.54) is 8.61 Å². The molecular formula is C17H25N3O3S. The molecule has 2 aliphatic rings. The molecule has 2 heterocycles. The topological polar surface area (TPSA) is 69.7 Å². The van der Waals surface area contributed by atoms with Crippen LogP contribution in [0.4, 0.5) is 0 Å². The third kappa shape index (κ3) is 3.20. The van der Waals surface area contributed by atoms with Crippen molar-refractivity contribution in [3.05, 3.63) is 35.4 Å². The molecule has 3 rings (SSSR count). The molecule has 7 heteroatoms. The number of benzene rings is 1. The number of rotatable bonds is 3. The third-order valence-electron chi connectivity index (χ3n) is 5.12. The molecule has 1 N–H and O–H groups in total. The molecule has 0 saturated carbocycles. The first-order valence-corrected chi connectivity index (χ1v) is 9.88. The number of piperidine rings is 1. The molecule has 132 valence electrons. The van der Waals surface area contributed by atoms with Gasteiger partial charge >= 0.3 is 0 Å². The van der Waals surface area contributed by atoms with Crippen molar-refractivity contribution in [3.8, 4) is 0 Å². The standard InChI is InChI=1S/C17H25N3O3S/c1-13-7-9-19(10-8-13)24(22,23)20-12-15-6-4-3-5-14(15)11-16(20)17(21)18-2/h3-6,13,16H,7-12H2,1-2H3,(H,18,21)/t16-/m0/s1. The van der Waals surface area contributed by atoms with Crippen molar-refractivity contribution in [3.63, 3.8) is 0 Å². The van der Waals surface area contributed by atoms with Gasteiger partial charge in [-0.25, -0.2) is 0 Å². The minimum absolute atomic E-state index is 0.251. The first-order chi connectivity index (χ1) is 11.4. The fourth-order valence-electron chi connectivity index (χ4n) is 3.50. The molecule has 1 aromatic rings. The Balaban J connectivity index is 1.92. The monoisotopic (exact) mass is 351 g/mol. The summed E-state index contributed by atoms with van der Waals surface area (Å²) in [5.74, 6) is 0.298. The zero-order valence-electron chi connectivity index (χ0n) is 14.2. The molecule has 6 nitrogen and oxygen atoms in total. The van der Waals surface area contributed by atoms with E-state index in [0.717, 1.165) is 24.0 Å². The Bertz CT molecular complexity index is 712. The zero-order valence-corrected chi connectivity index (χ0v) is 15.1. The summed E-state index contributed by atoms with van der Waals surface area (Å²) < 4.78 is 29.2. The second-order valence-electron chi connectivity index (χ2n) is 6.74. The van der Waals surface area contributed by atoms with Crippen LogP contribution in [-0.4, -0.2) is 49.1 Å². The van der Waals surface area contributed by atoms with Crippen LogP contribution in [0.25, 0.3) is 0 Å². The van der Waals surface area contributed by atoms with E-state index in [1.807, 2.05) is 24.3 Å². The Labute approximate surface area is 144 Å². The molecule has 1 aromatic carbocycles. The Kier molecular flexibility index (Phi) is 4.94. The number of likely N-dealkylation sites (N-methyl/N-ethyl adjacent to an activating group) is 1. The number of nitrogens with one attached hydrogen (secondary N) is 1. The largest absolute Gasteiger partial charge is 0.358 e. The lowest BCUT2D eigenvalue weighted by Gasteiger charge is -2.39. The maximum Gasteiger partial charge on any atom is 0.283 e. The molecule has 1 atom stereocenters. The second kappa shape index (κ2) is 6.82. The minimum Gasteiger partial charge on any atom is -0.358 e. The van der Waals surface area contributed by atoms with Crippen molar-refractivity contribution in [1.82, 2.24) is 13.9 Å². The van der Waals surface area contributed by atoms with Gasteiger partial charge in [-0.05, 0) is 36.3 Å². The van der Waals surface area contributed by atoms with Crippen LogP contribution in [0.3, 0.4) is 0 Å². The summed E-state index contributed by atoms with van der Waals surface area (Å²) in [5, 5.41) is 2.61. The van der Waals surface area contributed by atoms with E-state index >= 15 is 0 Å². The maximum absolute atomic E-state index is 13.2. The summed E-state index contributed by atoms with van der Waals surface area (Å²) in [4.78, 5) is 12.3. The van der Waals surface area contributed by atoms with Crippen molar-refractivity contribution in [1.29, 1.82) is 0 Å². The molecule has 0 bridgehead atoms. The number of nitrogens with zero attached hydrogens (tertiary/aromatic N) is 2. The highest BCUT2D eigenvalue weighted by Crippen LogP contribution is 2.29. The van der Waals surface area contributed by atoms with Crippen molar-refractivity contribution in [2.45, 2.75) is 38.8 Å². The normalized spacial score (nSPS) is 23.7. The van der Waals surface area contributed by atoms with Gasteiger partial charge in [0, 0.05) is 26.7 Å². The van der Waals surface area contributed by atoms with Crippen LogP contribution in [0.2, 0.25) is 0 Å². The van der Waals surface area contributed by atoms with E-state index in [4.69, 9.17) is 0 Å². The number of fused-ring (bicyclic) bond motifs is 1. The number of amides is 1. The number of carbonyl (C=O) groups is 1. The zero-order chi connectivity index (χ0) is 17.3. The molecule has 0 radical (unpaired) electrons. The average molecular weight is 351 g/mol. The molecule has 0 aliphatic carbocycles. The van der Waals surface area contributed by atoms with Gasteiger partial charge in [0.2, 0.25) is 5.91 Å². The van der Waals surface area contributed by atoms with Gasteiger partial charge < -0.3 is 5.32 Å². The Morgan fingerprint density at radius 3 is 2.42 bits per heavy atom. The SMILES string of the molecule is CNC(=O)[C@@H]1Cc2ccccc2CN1S(=O)(=O)N1CCC(C)CC1. The van der Waals surface area contributed by atoms with Gasteiger partial charge in [-0.15, -0.1) is 0 Å². The molecular weight excluding hydrogens is 326 g/mol. The Hall–Kier alpha value is -1.44. The lowest BCUT2D eigenvalue weighted by molar-refractivity contribution is -0.124. The second-order valence-corrected chi connectivity index (χ2v) is 8.62. The summed E-state index contributed by atoms with van der Waals surface area (Å²) in [6.07, 6.45) is 2.15. The average Bonchev–Trinajstić information content (AvgIpc) is 2.60. The third-order valence-corrected chi connectivity index (χ3v) is 7.11. The lowest BCUT2D eigenvalue weighted by atomic mass is 9.95. The van der Waals surface area contributed by atoms with E-state index in [-0.39, 0.29) is 12.5 Å². The van der Waals surface area contributed by atoms with E-state index < -0.39 is 16.3 Å². The summed E-state index contributed by atoms with van der Waals surface area (Å²) in [5.41, 5.74) is 2.02. The van der Waals surface area contributed by atoms with Gasteiger partial charge in [0.15, 0.2) is 0 Å². The lowest BCUT2D eigenvalue weighted by Crippen LogP contribution is -2.56. The van der Waals surface area contributed by atoms with Crippen molar-refractivity contribution < 1.29 is 13.2 Å². The highest BCUT2D eigenvalue weighted by atomic mass is 32.2. The maximum atomic E-state index is 13.2. The number of hydrogen-bond donors (Lipinski definition) is 1. The molecule has 0 spiro atoms. The van der Waals surface area contributed by atoms with Gasteiger partial charge in [0.1, 0.15) is 6.04 Å². The van der Waals surface area contributed by atoms with Crippen LogP contribution < -0.4 is 5.32 Å². The summed E-state index contributed by atoms with van der Waals surface area (Å²) in [7, 11) is -2.10. The highest BCUT2D eigenvalue weighted by Gasteiger charge is 2.41. The summed E-state index contributed by atoms with van der Waals surface area (Å²) in [6.45, 7) is 3.46. The highest BCUT2D eigenvalue weighted by molar-refractivity contribution is 7.86. The quantitative estimate of drug-likeness (QED) is 0.888. The Morgan fingerprint density at radius 2 is 1.79 bits per heavy atom. The molecule has 0 aromatic heterocycles. The molecule has 0 unspecified atom stereocenters. The Morgan fingerprint density at radius 1 is 1.17 bits per heavy atom. The van der Waals surface area contributed by atoms with Gasteiger partial charge in [0.05, 0.1) is 0 Å². The van der Waals surface area contributed by atoms with E-state index in [2.05, 4.69) is 12.2 Å². The van der Waals surface area contributed by atoms with Crippen LogP contribution in [0, 0.1) is 5.92 Å². The number of hydrogen-bond acceptors (Lipinski definition) is 3. The fourth-order valence-corrected chi connectivity index (χ4v) is 5.26. The first-order valence-electron chi connectivity index (χ1n) is 8.48. The molecule has 24 heavy (non-hydrogen) atoms. The molecule has 1 amide bonds. The first kappa shape index (κ1) is 17.4. The summed E-state index contributed by atoms with van der Waals surface area (Å²) in [6, 6.07) is 7.06.